The van der Waals surface area contributed by atoms with E-state index in [1.165, 1.54) is 36.4 Å². The lowest BCUT2D eigenvalue weighted by Gasteiger charge is -2.32. The van der Waals surface area contributed by atoms with Crippen molar-refractivity contribution in [2.75, 3.05) is 6.26 Å². The first-order chi connectivity index (χ1) is 11.7. The summed E-state index contributed by atoms with van der Waals surface area (Å²) in [5.74, 6) is -2.49. The number of carbonyl (C=O) groups excluding carboxylic acids is 1. The monoisotopic (exact) mass is 363 g/mol. The van der Waals surface area contributed by atoms with Gasteiger partial charge in [0.2, 0.25) is 4.93 Å². The molecule has 2 aromatic carbocycles. The van der Waals surface area contributed by atoms with Crippen molar-refractivity contribution in [1.82, 2.24) is 5.32 Å². The molecular formula is C17H17NO6S. The smallest absolute Gasteiger partial charge is 0.330 e. The molecule has 0 aliphatic carbocycles. The summed E-state index contributed by atoms with van der Waals surface area (Å²) in [5, 5.41) is 22.5. The maximum Gasteiger partial charge on any atom is 0.330 e. The number of carboxylic acids is 1. The van der Waals surface area contributed by atoms with Crippen molar-refractivity contribution in [3.8, 4) is 0 Å². The zero-order chi connectivity index (χ0) is 18.7. The van der Waals surface area contributed by atoms with Gasteiger partial charge in [0.1, 0.15) is 0 Å². The lowest BCUT2D eigenvalue weighted by molar-refractivity contribution is -0.143. The maximum atomic E-state index is 12.3. The Labute approximate surface area is 144 Å². The molecule has 0 aromatic heterocycles. The second-order valence-electron chi connectivity index (χ2n) is 5.45. The average molecular weight is 363 g/mol. The van der Waals surface area contributed by atoms with E-state index in [1.54, 1.807) is 24.3 Å². The van der Waals surface area contributed by atoms with E-state index >= 15 is 0 Å². The highest BCUT2D eigenvalue weighted by molar-refractivity contribution is 7.91. The van der Waals surface area contributed by atoms with Gasteiger partial charge in [-0.15, -0.1) is 0 Å². The van der Waals surface area contributed by atoms with Gasteiger partial charge in [-0.25, -0.2) is 13.2 Å². The highest BCUT2D eigenvalue weighted by Crippen LogP contribution is 2.31. The standard InChI is InChI=1S/C17H17NO6S/c1-25(23,24)17(22,13-10-6-3-7-11-13)14(16(20)21)18-15(19)12-8-4-2-5-9-12/h2-11,14,22H,1H3,(H,18,19)(H,20,21). The minimum atomic E-state index is -4.33. The molecule has 0 fully saturated rings. The number of sulfone groups is 1. The molecule has 0 radical (unpaired) electrons. The predicted octanol–water partition coefficient (Wildman–Crippen LogP) is 0.760. The molecule has 132 valence electrons. The van der Waals surface area contributed by atoms with Crippen LogP contribution in [0.1, 0.15) is 15.9 Å². The number of rotatable bonds is 6. The number of hydrogen-bond acceptors (Lipinski definition) is 5. The van der Waals surface area contributed by atoms with Gasteiger partial charge < -0.3 is 15.5 Å². The third-order valence-electron chi connectivity index (χ3n) is 3.70. The SMILES string of the molecule is CS(=O)(=O)C(O)(c1ccccc1)C(NC(=O)c1ccccc1)C(=O)O. The van der Waals surface area contributed by atoms with E-state index < -0.39 is 32.7 Å². The summed E-state index contributed by atoms with van der Waals surface area (Å²) in [4.78, 5) is 21.1. The van der Waals surface area contributed by atoms with Gasteiger partial charge in [0.05, 0.1) is 0 Å². The maximum absolute atomic E-state index is 12.3. The van der Waals surface area contributed by atoms with Gasteiger partial charge in [0.25, 0.3) is 5.91 Å². The molecule has 2 unspecified atom stereocenters. The zero-order valence-corrected chi connectivity index (χ0v) is 14.1. The molecule has 0 saturated heterocycles. The number of hydrogen-bond donors (Lipinski definition) is 3. The number of benzene rings is 2. The molecule has 0 saturated carbocycles. The number of aliphatic hydroxyl groups is 1. The minimum Gasteiger partial charge on any atom is -0.480 e. The van der Waals surface area contributed by atoms with Gasteiger partial charge in [0.15, 0.2) is 15.9 Å². The van der Waals surface area contributed by atoms with Crippen molar-refractivity contribution in [1.29, 1.82) is 0 Å². The molecule has 3 N–H and O–H groups in total. The Bertz CT molecular complexity index is 867. The van der Waals surface area contributed by atoms with E-state index in [-0.39, 0.29) is 11.1 Å². The third-order valence-corrected chi connectivity index (χ3v) is 5.30. The first-order valence-corrected chi connectivity index (χ1v) is 9.13. The normalized spacial score (nSPS) is 15.0. The summed E-state index contributed by atoms with van der Waals surface area (Å²) in [6.45, 7) is 0. The van der Waals surface area contributed by atoms with Crippen molar-refractivity contribution in [2.24, 2.45) is 0 Å². The second-order valence-corrected chi connectivity index (χ2v) is 7.61. The van der Waals surface area contributed by atoms with Gasteiger partial charge >= 0.3 is 5.97 Å². The highest BCUT2D eigenvalue weighted by Gasteiger charge is 2.52. The molecule has 0 aliphatic rings. The molecule has 1 amide bonds. The molecule has 2 aromatic rings. The molecule has 2 atom stereocenters. The third kappa shape index (κ3) is 3.70. The van der Waals surface area contributed by atoms with Crippen LogP contribution in [-0.4, -0.2) is 42.8 Å². The summed E-state index contributed by atoms with van der Waals surface area (Å²) in [6.07, 6.45) is 0.713. The quantitative estimate of drug-likeness (QED) is 0.697. The first kappa shape index (κ1) is 18.6. The summed E-state index contributed by atoms with van der Waals surface area (Å²) in [6, 6.07) is 12.7. The van der Waals surface area contributed by atoms with Crippen LogP contribution in [0, 0.1) is 0 Å². The van der Waals surface area contributed by atoms with Crippen molar-refractivity contribution < 1.29 is 28.2 Å². The molecule has 8 heteroatoms. The molecule has 2 rings (SSSR count). The van der Waals surface area contributed by atoms with Gasteiger partial charge in [0, 0.05) is 17.4 Å². The van der Waals surface area contributed by atoms with Crippen LogP contribution in [0.3, 0.4) is 0 Å². The van der Waals surface area contributed by atoms with Gasteiger partial charge in [-0.1, -0.05) is 48.5 Å². The highest BCUT2D eigenvalue weighted by atomic mass is 32.2. The Morgan fingerprint density at radius 3 is 1.92 bits per heavy atom. The molecule has 0 spiro atoms. The Kier molecular flexibility index (Phi) is 5.24. The fraction of sp³-hybridized carbons (Fsp3) is 0.176. The topological polar surface area (TPSA) is 121 Å². The largest absolute Gasteiger partial charge is 0.480 e. The molecule has 25 heavy (non-hydrogen) atoms. The second kappa shape index (κ2) is 7.04. The zero-order valence-electron chi connectivity index (χ0n) is 13.3. The van der Waals surface area contributed by atoms with Crippen molar-refractivity contribution in [2.45, 2.75) is 11.0 Å². The number of aliphatic carboxylic acids is 1. The fourth-order valence-corrected chi connectivity index (χ4v) is 3.55. The van der Waals surface area contributed by atoms with E-state index in [1.807, 2.05) is 0 Å². The minimum absolute atomic E-state index is 0.137. The van der Waals surface area contributed by atoms with Gasteiger partial charge in [-0.3, -0.25) is 4.79 Å². The number of carboxylic acid groups (broad SMARTS) is 1. The van der Waals surface area contributed by atoms with Crippen molar-refractivity contribution in [3.63, 3.8) is 0 Å². The van der Waals surface area contributed by atoms with Crippen LogP contribution < -0.4 is 5.32 Å². The van der Waals surface area contributed by atoms with Crippen LogP contribution in [0.25, 0.3) is 0 Å². The molecule has 0 aliphatic heterocycles. The fourth-order valence-electron chi connectivity index (χ4n) is 2.40. The Balaban J connectivity index is 2.52. The van der Waals surface area contributed by atoms with E-state index in [4.69, 9.17) is 0 Å². The Morgan fingerprint density at radius 2 is 1.48 bits per heavy atom. The number of nitrogens with one attached hydrogen (secondary N) is 1. The van der Waals surface area contributed by atoms with E-state index in [0.717, 1.165) is 0 Å². The van der Waals surface area contributed by atoms with E-state index in [9.17, 15) is 28.2 Å². The lowest BCUT2D eigenvalue weighted by atomic mass is 10.0. The van der Waals surface area contributed by atoms with Crippen LogP contribution in [-0.2, 0) is 19.6 Å². The van der Waals surface area contributed by atoms with Gasteiger partial charge in [-0.2, -0.15) is 0 Å². The average Bonchev–Trinajstić information content (AvgIpc) is 2.59. The number of amides is 1. The first-order valence-electron chi connectivity index (χ1n) is 7.24. The Morgan fingerprint density at radius 1 is 1.00 bits per heavy atom. The molecular weight excluding hydrogens is 346 g/mol. The molecule has 0 heterocycles. The molecule has 7 nitrogen and oxygen atoms in total. The van der Waals surface area contributed by atoms with Crippen LogP contribution >= 0.6 is 0 Å². The van der Waals surface area contributed by atoms with Crippen molar-refractivity contribution in [3.05, 3.63) is 71.8 Å². The lowest BCUT2D eigenvalue weighted by Crippen LogP contribution is -2.58. The van der Waals surface area contributed by atoms with Gasteiger partial charge in [-0.05, 0) is 12.1 Å². The summed E-state index contributed by atoms with van der Waals surface area (Å²) in [7, 11) is -4.33. The van der Waals surface area contributed by atoms with Crippen LogP contribution in [0.4, 0.5) is 0 Å². The van der Waals surface area contributed by atoms with Crippen LogP contribution in [0.15, 0.2) is 60.7 Å². The van der Waals surface area contributed by atoms with Crippen molar-refractivity contribution >= 4 is 21.7 Å². The predicted molar refractivity (Wildman–Crippen MR) is 90.5 cm³/mol. The Hall–Kier alpha value is -2.71. The molecule has 0 bridgehead atoms. The van der Waals surface area contributed by atoms with E-state index in [0.29, 0.717) is 6.26 Å². The number of carbonyl (C=O) groups is 2. The van der Waals surface area contributed by atoms with Crippen LogP contribution in [0.5, 0.6) is 0 Å². The van der Waals surface area contributed by atoms with Crippen LogP contribution in [0.2, 0.25) is 0 Å². The summed E-state index contributed by atoms with van der Waals surface area (Å²) < 4.78 is 24.5. The summed E-state index contributed by atoms with van der Waals surface area (Å²) >= 11 is 0. The van der Waals surface area contributed by atoms with E-state index in [2.05, 4.69) is 5.32 Å². The summed E-state index contributed by atoms with van der Waals surface area (Å²) in [5.41, 5.74) is -0.0177.